The zero-order valence-corrected chi connectivity index (χ0v) is 13.3. The molecule has 1 aromatic heterocycles. The Morgan fingerprint density at radius 3 is 2.53 bits per heavy atom. The lowest BCUT2D eigenvalue weighted by Gasteiger charge is -2.20. The number of hydrogen-bond acceptors (Lipinski definition) is 3. The number of halogens is 1. The summed E-state index contributed by atoms with van der Waals surface area (Å²) in [5.41, 5.74) is 2.33. The topological polar surface area (TPSA) is 24.9 Å². The third-order valence-corrected chi connectivity index (χ3v) is 4.67. The van der Waals surface area contributed by atoms with Gasteiger partial charge in [-0.15, -0.1) is 11.3 Å². The Kier molecular flexibility index (Phi) is 4.61. The van der Waals surface area contributed by atoms with Crippen LogP contribution in [0.1, 0.15) is 47.1 Å². The zero-order chi connectivity index (χ0) is 14.0. The largest absolute Gasteiger partial charge is 0.303 e. The molecule has 0 aliphatic heterocycles. The van der Waals surface area contributed by atoms with Crippen LogP contribution >= 0.6 is 22.9 Å². The van der Waals surface area contributed by atoms with E-state index in [9.17, 15) is 0 Å². The van der Waals surface area contributed by atoms with E-state index in [0.29, 0.717) is 6.04 Å². The van der Waals surface area contributed by atoms with E-state index in [0.717, 1.165) is 15.7 Å². The van der Waals surface area contributed by atoms with Crippen molar-refractivity contribution in [3.8, 4) is 0 Å². The van der Waals surface area contributed by atoms with E-state index in [1.807, 2.05) is 25.1 Å². The Bertz CT molecular complexity index is 565. The second-order valence-electron chi connectivity index (χ2n) is 4.85. The summed E-state index contributed by atoms with van der Waals surface area (Å²) in [5.74, 6) is 0. The Morgan fingerprint density at radius 2 is 1.95 bits per heavy atom. The van der Waals surface area contributed by atoms with Crippen molar-refractivity contribution in [3.05, 3.63) is 50.4 Å². The van der Waals surface area contributed by atoms with Gasteiger partial charge in [-0.05, 0) is 45.4 Å². The summed E-state index contributed by atoms with van der Waals surface area (Å²) in [6.07, 6.45) is 0. The van der Waals surface area contributed by atoms with Crippen LogP contribution in [-0.4, -0.2) is 4.98 Å². The molecule has 0 aliphatic rings. The first-order chi connectivity index (χ1) is 8.97. The van der Waals surface area contributed by atoms with E-state index < -0.39 is 0 Å². The Hall–Kier alpha value is -0.900. The van der Waals surface area contributed by atoms with Crippen molar-refractivity contribution < 1.29 is 0 Å². The van der Waals surface area contributed by atoms with Crippen LogP contribution in [0.2, 0.25) is 5.02 Å². The highest BCUT2D eigenvalue weighted by Crippen LogP contribution is 2.27. The van der Waals surface area contributed by atoms with Crippen LogP contribution in [0.3, 0.4) is 0 Å². The van der Waals surface area contributed by atoms with Crippen molar-refractivity contribution in [1.29, 1.82) is 0 Å². The molecule has 0 saturated heterocycles. The van der Waals surface area contributed by atoms with E-state index in [1.54, 1.807) is 11.3 Å². The monoisotopic (exact) mass is 294 g/mol. The van der Waals surface area contributed by atoms with E-state index in [-0.39, 0.29) is 6.04 Å². The van der Waals surface area contributed by atoms with E-state index in [1.165, 1.54) is 10.4 Å². The Morgan fingerprint density at radius 1 is 1.21 bits per heavy atom. The second-order valence-corrected chi connectivity index (χ2v) is 6.52. The van der Waals surface area contributed by atoms with Gasteiger partial charge < -0.3 is 5.32 Å². The number of aryl methyl sites for hydroxylation is 2. The lowest BCUT2D eigenvalue weighted by molar-refractivity contribution is 0.498. The molecule has 1 heterocycles. The lowest BCUT2D eigenvalue weighted by atomic mass is 10.1. The van der Waals surface area contributed by atoms with Gasteiger partial charge in [0.1, 0.15) is 0 Å². The molecule has 19 heavy (non-hydrogen) atoms. The number of rotatable bonds is 4. The summed E-state index contributed by atoms with van der Waals surface area (Å²) in [7, 11) is 0. The van der Waals surface area contributed by atoms with E-state index in [4.69, 9.17) is 11.6 Å². The smallest absolute Gasteiger partial charge is 0.0900 e. The van der Waals surface area contributed by atoms with Crippen LogP contribution in [0.15, 0.2) is 24.3 Å². The fraction of sp³-hybridized carbons (Fsp3) is 0.400. The highest BCUT2D eigenvalue weighted by molar-refractivity contribution is 7.11. The summed E-state index contributed by atoms with van der Waals surface area (Å²) >= 11 is 7.80. The normalized spacial score (nSPS) is 14.4. The molecule has 1 unspecified atom stereocenters. The SMILES string of the molecule is Cc1nc(C)c(C(C)N[C@@H](C)c2cccc(Cl)c2)s1. The minimum Gasteiger partial charge on any atom is -0.303 e. The van der Waals surface area contributed by atoms with E-state index >= 15 is 0 Å². The molecule has 102 valence electrons. The molecule has 2 nitrogen and oxygen atoms in total. The van der Waals surface area contributed by atoms with Crippen LogP contribution in [0.25, 0.3) is 0 Å². The number of aromatic nitrogens is 1. The predicted molar refractivity (Wildman–Crippen MR) is 83.0 cm³/mol. The van der Waals surface area contributed by atoms with Gasteiger partial charge in [-0.25, -0.2) is 4.98 Å². The number of nitrogens with zero attached hydrogens (tertiary/aromatic N) is 1. The maximum Gasteiger partial charge on any atom is 0.0900 e. The van der Waals surface area contributed by atoms with Crippen molar-refractivity contribution in [1.82, 2.24) is 10.3 Å². The Balaban J connectivity index is 2.10. The van der Waals surface area contributed by atoms with Gasteiger partial charge in [-0.2, -0.15) is 0 Å². The van der Waals surface area contributed by atoms with Crippen LogP contribution < -0.4 is 5.32 Å². The first-order valence-electron chi connectivity index (χ1n) is 6.43. The second kappa shape index (κ2) is 6.04. The van der Waals surface area contributed by atoms with Crippen molar-refractivity contribution in [2.75, 3.05) is 0 Å². The highest BCUT2D eigenvalue weighted by Gasteiger charge is 2.16. The van der Waals surface area contributed by atoms with Crippen LogP contribution in [0.4, 0.5) is 0 Å². The molecule has 0 spiro atoms. The molecule has 0 bridgehead atoms. The van der Waals surface area contributed by atoms with Gasteiger partial charge in [0.25, 0.3) is 0 Å². The van der Waals surface area contributed by atoms with Gasteiger partial charge in [0.05, 0.1) is 10.7 Å². The summed E-state index contributed by atoms with van der Waals surface area (Å²) in [6.45, 7) is 8.46. The first-order valence-corrected chi connectivity index (χ1v) is 7.62. The molecule has 0 fully saturated rings. The molecule has 2 rings (SSSR count). The third kappa shape index (κ3) is 3.56. The third-order valence-electron chi connectivity index (χ3n) is 3.18. The van der Waals surface area contributed by atoms with Gasteiger partial charge >= 0.3 is 0 Å². The van der Waals surface area contributed by atoms with Crippen molar-refractivity contribution in [3.63, 3.8) is 0 Å². The number of thiazole rings is 1. The molecule has 0 saturated carbocycles. The number of benzene rings is 1. The van der Waals surface area contributed by atoms with Gasteiger partial charge in [0.2, 0.25) is 0 Å². The van der Waals surface area contributed by atoms with Crippen molar-refractivity contribution in [2.45, 2.75) is 39.8 Å². The fourth-order valence-corrected chi connectivity index (χ4v) is 3.41. The van der Waals surface area contributed by atoms with Gasteiger partial charge in [0.15, 0.2) is 0 Å². The molecule has 0 amide bonds. The summed E-state index contributed by atoms with van der Waals surface area (Å²) in [6, 6.07) is 8.55. The average molecular weight is 295 g/mol. The quantitative estimate of drug-likeness (QED) is 0.874. The maximum absolute atomic E-state index is 6.04. The van der Waals surface area contributed by atoms with Crippen LogP contribution in [-0.2, 0) is 0 Å². The van der Waals surface area contributed by atoms with Gasteiger partial charge in [0, 0.05) is 22.0 Å². The zero-order valence-electron chi connectivity index (χ0n) is 11.7. The predicted octanol–water partition coefficient (Wildman–Crippen LogP) is 4.83. The molecule has 0 radical (unpaired) electrons. The van der Waals surface area contributed by atoms with E-state index in [2.05, 4.69) is 37.1 Å². The van der Waals surface area contributed by atoms with Crippen LogP contribution in [0.5, 0.6) is 0 Å². The molecule has 1 N–H and O–H groups in total. The summed E-state index contributed by atoms with van der Waals surface area (Å²) in [5, 5.41) is 5.51. The fourth-order valence-electron chi connectivity index (χ4n) is 2.27. The van der Waals surface area contributed by atoms with Gasteiger partial charge in [-0.3, -0.25) is 0 Å². The summed E-state index contributed by atoms with van der Waals surface area (Å²) in [4.78, 5) is 5.80. The number of hydrogen-bond donors (Lipinski definition) is 1. The molecular weight excluding hydrogens is 276 g/mol. The molecule has 1 aromatic carbocycles. The lowest BCUT2D eigenvalue weighted by Crippen LogP contribution is -2.22. The maximum atomic E-state index is 6.04. The molecule has 2 atom stereocenters. The molecule has 4 heteroatoms. The molecule has 0 aliphatic carbocycles. The first kappa shape index (κ1) is 14.5. The highest BCUT2D eigenvalue weighted by atomic mass is 35.5. The number of nitrogens with one attached hydrogen (secondary N) is 1. The average Bonchev–Trinajstić information content (AvgIpc) is 2.68. The molecular formula is C15H19ClN2S. The van der Waals surface area contributed by atoms with Crippen LogP contribution in [0, 0.1) is 13.8 Å². The van der Waals surface area contributed by atoms with Gasteiger partial charge in [-0.1, -0.05) is 23.7 Å². The van der Waals surface area contributed by atoms with Crippen molar-refractivity contribution in [2.24, 2.45) is 0 Å². The summed E-state index contributed by atoms with van der Waals surface area (Å²) < 4.78 is 0. The minimum absolute atomic E-state index is 0.260. The Labute approximate surface area is 123 Å². The van der Waals surface area contributed by atoms with Crippen molar-refractivity contribution >= 4 is 22.9 Å². The minimum atomic E-state index is 0.260. The molecule has 2 aromatic rings. The standard InChI is InChI=1S/C15H19ClN2S/c1-9(13-6-5-7-14(16)8-13)17-10(2)15-11(3)18-12(4)19-15/h5-10,17H,1-4H3/t9-,10?/m0/s1.